The number of hydrogen-bond acceptors (Lipinski definition) is 1. The second-order valence-electron chi connectivity index (χ2n) is 3.27. The summed E-state index contributed by atoms with van der Waals surface area (Å²) >= 11 is 0. The lowest BCUT2D eigenvalue weighted by atomic mass is 10.1. The van der Waals surface area contributed by atoms with Crippen molar-refractivity contribution in [2.45, 2.75) is 27.7 Å². The summed E-state index contributed by atoms with van der Waals surface area (Å²) < 4.78 is 0. The van der Waals surface area contributed by atoms with Gasteiger partial charge in [0.25, 0.3) is 0 Å². The van der Waals surface area contributed by atoms with Gasteiger partial charge in [0.05, 0.1) is 11.4 Å². The molecule has 98 valence electrons. The summed E-state index contributed by atoms with van der Waals surface area (Å²) in [6.45, 7) is 22.8. The third-order valence-corrected chi connectivity index (χ3v) is 1.96. The fraction of sp³-hybridized carbons (Fsp3) is 0.235. The Morgan fingerprint density at radius 1 is 1.11 bits per heavy atom. The molecule has 0 aromatic rings. The van der Waals surface area contributed by atoms with E-state index in [0.717, 1.165) is 16.9 Å². The highest BCUT2D eigenvalue weighted by atomic mass is 14.8. The number of nitrogens with zero attached hydrogens (tertiary/aromatic N) is 1. The predicted molar refractivity (Wildman–Crippen MR) is 86.0 cm³/mol. The molecular formula is C17H25N. The van der Waals surface area contributed by atoms with Crippen LogP contribution in [0.4, 0.5) is 0 Å². The van der Waals surface area contributed by atoms with E-state index < -0.39 is 0 Å². The van der Waals surface area contributed by atoms with E-state index in [2.05, 4.69) is 31.3 Å². The Labute approximate surface area is 112 Å². The molecule has 1 nitrogen and oxygen atoms in total. The van der Waals surface area contributed by atoms with Crippen LogP contribution in [-0.4, -0.2) is 5.71 Å². The molecule has 1 heteroatoms. The Hall–Kier alpha value is -1.89. The molecule has 0 amide bonds. The van der Waals surface area contributed by atoms with Crippen LogP contribution >= 0.6 is 0 Å². The summed E-state index contributed by atoms with van der Waals surface area (Å²) in [5.41, 5.74) is 3.29. The molecule has 0 rings (SSSR count). The molecule has 0 aliphatic rings. The standard InChI is InChI=1S/C15H19N.C2H6/c1-7-10-11-14(8-2)15(9-3)16-13(6)12(4)5;1-2/h7-11H,1,3-4,6H2,2,5H3;1-2H3/b11-10-,14-8+,16-15?;. The van der Waals surface area contributed by atoms with Crippen molar-refractivity contribution in [1.29, 1.82) is 0 Å². The summed E-state index contributed by atoms with van der Waals surface area (Å²) in [6.07, 6.45) is 9.18. The Kier molecular flexibility index (Phi) is 11.9. The summed E-state index contributed by atoms with van der Waals surface area (Å²) in [7, 11) is 0. The Morgan fingerprint density at radius 3 is 2.00 bits per heavy atom. The van der Waals surface area contributed by atoms with Gasteiger partial charge in [-0.15, -0.1) is 0 Å². The van der Waals surface area contributed by atoms with Crippen LogP contribution in [-0.2, 0) is 0 Å². The van der Waals surface area contributed by atoms with Crippen molar-refractivity contribution in [1.82, 2.24) is 0 Å². The van der Waals surface area contributed by atoms with Gasteiger partial charge in [-0.3, -0.25) is 0 Å². The molecule has 0 unspecified atom stereocenters. The van der Waals surface area contributed by atoms with E-state index >= 15 is 0 Å². The molecule has 0 radical (unpaired) electrons. The van der Waals surface area contributed by atoms with E-state index in [1.165, 1.54) is 0 Å². The first-order valence-electron chi connectivity index (χ1n) is 6.08. The quantitative estimate of drug-likeness (QED) is 0.436. The smallest absolute Gasteiger partial charge is 0.0699 e. The molecule has 0 aliphatic heterocycles. The van der Waals surface area contributed by atoms with Crippen molar-refractivity contribution < 1.29 is 0 Å². The zero-order chi connectivity index (χ0) is 14.6. The Bertz CT molecular complexity index is 390. The largest absolute Gasteiger partial charge is 0.249 e. The van der Waals surface area contributed by atoms with Gasteiger partial charge in [-0.25, -0.2) is 4.99 Å². The van der Waals surface area contributed by atoms with Crippen molar-refractivity contribution in [2.24, 2.45) is 4.99 Å². The number of rotatable bonds is 6. The van der Waals surface area contributed by atoms with Crippen molar-refractivity contribution in [3.8, 4) is 0 Å². The van der Waals surface area contributed by atoms with Gasteiger partial charge in [0.2, 0.25) is 0 Å². The van der Waals surface area contributed by atoms with Crippen LogP contribution in [0.25, 0.3) is 0 Å². The highest BCUT2D eigenvalue weighted by Crippen LogP contribution is 2.10. The highest BCUT2D eigenvalue weighted by molar-refractivity contribution is 6.10. The number of aliphatic imine (C=N–C) groups is 1. The SMILES string of the molecule is C=C/C=C\C(=C/C)C(C=C)=NC(=C)C(=C)C.CC. The van der Waals surface area contributed by atoms with Gasteiger partial charge in [-0.05, 0) is 31.1 Å². The van der Waals surface area contributed by atoms with E-state index in [1.807, 2.05) is 45.9 Å². The molecule has 0 aromatic carbocycles. The molecule has 0 atom stereocenters. The summed E-state index contributed by atoms with van der Waals surface area (Å²) in [6, 6.07) is 0. The molecule has 18 heavy (non-hydrogen) atoms. The van der Waals surface area contributed by atoms with Gasteiger partial charge in [0.15, 0.2) is 0 Å². The molecular weight excluding hydrogens is 218 g/mol. The molecule has 0 heterocycles. The minimum absolute atomic E-state index is 0.668. The van der Waals surface area contributed by atoms with E-state index in [-0.39, 0.29) is 0 Å². The summed E-state index contributed by atoms with van der Waals surface area (Å²) in [5.74, 6) is 0. The van der Waals surface area contributed by atoms with Gasteiger partial charge in [-0.2, -0.15) is 0 Å². The van der Waals surface area contributed by atoms with Crippen LogP contribution in [0.1, 0.15) is 27.7 Å². The van der Waals surface area contributed by atoms with Gasteiger partial charge in [0.1, 0.15) is 0 Å². The minimum Gasteiger partial charge on any atom is -0.249 e. The molecule has 0 saturated carbocycles. The van der Waals surface area contributed by atoms with Crippen LogP contribution in [0.15, 0.2) is 78.5 Å². The first-order chi connectivity index (χ1) is 8.56. The molecule has 0 aliphatic carbocycles. The van der Waals surface area contributed by atoms with E-state index in [0.29, 0.717) is 5.70 Å². The van der Waals surface area contributed by atoms with Gasteiger partial charge in [-0.1, -0.05) is 64.5 Å². The lowest BCUT2D eigenvalue weighted by Gasteiger charge is -2.04. The zero-order valence-electron chi connectivity index (χ0n) is 12.2. The van der Waals surface area contributed by atoms with Crippen LogP contribution in [0.5, 0.6) is 0 Å². The minimum atomic E-state index is 0.668. The maximum absolute atomic E-state index is 4.37. The lowest BCUT2D eigenvalue weighted by molar-refractivity contribution is 1.31. The molecule has 0 fully saturated rings. The van der Waals surface area contributed by atoms with Gasteiger partial charge < -0.3 is 0 Å². The van der Waals surface area contributed by atoms with Crippen molar-refractivity contribution in [3.63, 3.8) is 0 Å². The van der Waals surface area contributed by atoms with Crippen LogP contribution < -0.4 is 0 Å². The monoisotopic (exact) mass is 243 g/mol. The molecule has 0 spiro atoms. The maximum atomic E-state index is 4.37. The second-order valence-corrected chi connectivity index (χ2v) is 3.27. The first kappa shape index (κ1) is 18.5. The first-order valence-corrected chi connectivity index (χ1v) is 6.08. The fourth-order valence-electron chi connectivity index (χ4n) is 0.970. The maximum Gasteiger partial charge on any atom is 0.0699 e. The molecule has 0 saturated heterocycles. The third-order valence-electron chi connectivity index (χ3n) is 1.96. The lowest BCUT2D eigenvalue weighted by Crippen LogP contribution is -1.97. The topological polar surface area (TPSA) is 12.4 Å². The fourth-order valence-corrected chi connectivity index (χ4v) is 0.970. The predicted octanol–water partition coefficient (Wildman–Crippen LogP) is 5.42. The average Bonchev–Trinajstić information content (AvgIpc) is 2.39. The van der Waals surface area contributed by atoms with Crippen LogP contribution in [0.2, 0.25) is 0 Å². The Morgan fingerprint density at radius 2 is 1.67 bits per heavy atom. The van der Waals surface area contributed by atoms with Crippen molar-refractivity contribution in [3.05, 3.63) is 73.5 Å². The molecule has 0 N–H and O–H groups in total. The van der Waals surface area contributed by atoms with Crippen molar-refractivity contribution >= 4 is 5.71 Å². The van der Waals surface area contributed by atoms with Crippen LogP contribution in [0.3, 0.4) is 0 Å². The summed E-state index contributed by atoms with van der Waals surface area (Å²) in [4.78, 5) is 4.37. The van der Waals surface area contributed by atoms with E-state index in [1.54, 1.807) is 12.2 Å². The second kappa shape index (κ2) is 11.6. The van der Waals surface area contributed by atoms with Crippen molar-refractivity contribution in [2.75, 3.05) is 0 Å². The molecule has 0 bridgehead atoms. The van der Waals surface area contributed by atoms with E-state index in [9.17, 15) is 0 Å². The highest BCUT2D eigenvalue weighted by Gasteiger charge is 2.00. The average molecular weight is 243 g/mol. The Balaban J connectivity index is 0. The van der Waals surface area contributed by atoms with Crippen LogP contribution in [0, 0.1) is 0 Å². The third kappa shape index (κ3) is 7.39. The number of hydrogen-bond donors (Lipinski definition) is 0. The number of allylic oxidation sites excluding steroid dienone is 7. The summed E-state index contributed by atoms with van der Waals surface area (Å²) in [5, 5.41) is 0. The zero-order valence-corrected chi connectivity index (χ0v) is 12.2. The normalized spacial score (nSPS) is 11.6. The van der Waals surface area contributed by atoms with Gasteiger partial charge >= 0.3 is 0 Å². The van der Waals surface area contributed by atoms with Gasteiger partial charge in [0, 0.05) is 0 Å². The molecule has 0 aromatic heterocycles. The van der Waals surface area contributed by atoms with E-state index in [4.69, 9.17) is 0 Å².